The molecule has 1 amide bonds. The van der Waals surface area contributed by atoms with Crippen molar-refractivity contribution in [3.8, 4) is 17.2 Å². The Hall–Kier alpha value is -2.69. The number of carbonyl (C=O) groups excluding carboxylic acids is 1. The van der Waals surface area contributed by atoms with E-state index in [2.05, 4.69) is 5.32 Å². The zero-order valence-electron chi connectivity index (χ0n) is 16.1. The lowest BCUT2D eigenvalue weighted by Gasteiger charge is -2.13. The predicted molar refractivity (Wildman–Crippen MR) is 102 cm³/mol. The van der Waals surface area contributed by atoms with Gasteiger partial charge in [-0.05, 0) is 62.1 Å². The van der Waals surface area contributed by atoms with Gasteiger partial charge in [0, 0.05) is 6.54 Å². The summed E-state index contributed by atoms with van der Waals surface area (Å²) in [5.41, 5.74) is 4.41. The van der Waals surface area contributed by atoms with Crippen LogP contribution in [-0.4, -0.2) is 33.3 Å². The van der Waals surface area contributed by atoms with Gasteiger partial charge in [-0.25, -0.2) is 0 Å². The zero-order chi connectivity index (χ0) is 19.1. The number of methoxy groups -OCH3 is 2. The fourth-order valence-corrected chi connectivity index (χ4v) is 2.78. The highest BCUT2D eigenvalue weighted by molar-refractivity contribution is 5.77. The molecule has 0 aliphatic rings. The first kappa shape index (κ1) is 19.6. The third-order valence-corrected chi connectivity index (χ3v) is 4.25. The Bertz CT molecular complexity index is 771. The third kappa shape index (κ3) is 5.15. The molecule has 0 radical (unpaired) electrons. The second-order valence-electron chi connectivity index (χ2n) is 6.29. The van der Waals surface area contributed by atoms with Crippen LogP contribution in [0.2, 0.25) is 0 Å². The Labute approximate surface area is 155 Å². The van der Waals surface area contributed by atoms with Gasteiger partial charge in [0.1, 0.15) is 5.75 Å². The van der Waals surface area contributed by atoms with E-state index in [1.165, 1.54) is 5.56 Å². The Kier molecular flexibility index (Phi) is 6.89. The van der Waals surface area contributed by atoms with E-state index in [1.807, 2.05) is 51.1 Å². The minimum absolute atomic E-state index is 0.00875. The number of aryl methyl sites for hydroxylation is 3. The van der Waals surface area contributed by atoms with Crippen molar-refractivity contribution in [1.82, 2.24) is 5.32 Å². The van der Waals surface area contributed by atoms with E-state index in [0.29, 0.717) is 24.5 Å². The fourth-order valence-electron chi connectivity index (χ4n) is 2.78. The molecule has 0 fully saturated rings. The van der Waals surface area contributed by atoms with Crippen LogP contribution in [0.4, 0.5) is 0 Å². The largest absolute Gasteiger partial charge is 0.493 e. The monoisotopic (exact) mass is 357 g/mol. The van der Waals surface area contributed by atoms with Crippen LogP contribution in [0, 0.1) is 20.8 Å². The van der Waals surface area contributed by atoms with Gasteiger partial charge < -0.3 is 19.5 Å². The minimum atomic E-state index is -0.136. The van der Waals surface area contributed by atoms with Crippen LogP contribution in [0.5, 0.6) is 17.2 Å². The van der Waals surface area contributed by atoms with E-state index < -0.39 is 0 Å². The van der Waals surface area contributed by atoms with Crippen LogP contribution in [0.1, 0.15) is 22.3 Å². The fraction of sp³-hybridized carbons (Fsp3) is 0.381. The number of rotatable bonds is 8. The summed E-state index contributed by atoms with van der Waals surface area (Å²) in [4.78, 5) is 12.0. The molecule has 0 heterocycles. The van der Waals surface area contributed by atoms with Crippen LogP contribution in [0.25, 0.3) is 0 Å². The van der Waals surface area contributed by atoms with E-state index in [-0.39, 0.29) is 12.5 Å². The predicted octanol–water partition coefficient (Wildman–Crippen LogP) is 3.37. The molecule has 5 nitrogen and oxygen atoms in total. The van der Waals surface area contributed by atoms with Crippen molar-refractivity contribution >= 4 is 5.91 Å². The topological polar surface area (TPSA) is 56.8 Å². The molecule has 2 aromatic carbocycles. The van der Waals surface area contributed by atoms with Gasteiger partial charge in [-0.2, -0.15) is 0 Å². The quantitative estimate of drug-likeness (QED) is 0.787. The molecule has 2 aromatic rings. The summed E-state index contributed by atoms with van der Waals surface area (Å²) in [6, 6.07) is 9.80. The molecule has 2 rings (SSSR count). The van der Waals surface area contributed by atoms with Crippen LogP contribution < -0.4 is 19.5 Å². The average Bonchev–Trinajstić information content (AvgIpc) is 2.62. The molecule has 140 valence electrons. The van der Waals surface area contributed by atoms with Crippen molar-refractivity contribution in [3.63, 3.8) is 0 Å². The number of benzene rings is 2. The smallest absolute Gasteiger partial charge is 0.257 e. The Morgan fingerprint density at radius 1 is 0.923 bits per heavy atom. The van der Waals surface area contributed by atoms with Gasteiger partial charge in [0.15, 0.2) is 18.1 Å². The van der Waals surface area contributed by atoms with Gasteiger partial charge in [-0.1, -0.05) is 17.7 Å². The van der Waals surface area contributed by atoms with Crippen LogP contribution in [0.3, 0.4) is 0 Å². The Balaban J connectivity index is 1.84. The lowest BCUT2D eigenvalue weighted by Crippen LogP contribution is -2.30. The maximum absolute atomic E-state index is 12.0. The summed E-state index contributed by atoms with van der Waals surface area (Å²) in [5, 5.41) is 2.89. The molecule has 0 saturated heterocycles. The van der Waals surface area contributed by atoms with Crippen molar-refractivity contribution < 1.29 is 19.0 Å². The normalized spacial score (nSPS) is 10.3. The van der Waals surface area contributed by atoms with Crippen molar-refractivity contribution in [2.75, 3.05) is 27.4 Å². The number of hydrogen-bond donors (Lipinski definition) is 1. The molecule has 26 heavy (non-hydrogen) atoms. The molecule has 0 aromatic heterocycles. The molecule has 1 N–H and O–H groups in total. The molecule has 0 spiro atoms. The molecular weight excluding hydrogens is 330 g/mol. The maximum atomic E-state index is 12.0. The standard InChI is InChI=1S/C21H27NO4/c1-14-6-7-18(16(3)10-14)26-13-21(23)22-9-8-17-12-20(25-5)19(24-4)11-15(17)2/h6-7,10-12H,8-9,13H2,1-5H3,(H,22,23). The first-order valence-electron chi connectivity index (χ1n) is 8.63. The van der Waals surface area contributed by atoms with Crippen molar-refractivity contribution in [2.24, 2.45) is 0 Å². The van der Waals surface area contributed by atoms with E-state index >= 15 is 0 Å². The van der Waals surface area contributed by atoms with Gasteiger partial charge >= 0.3 is 0 Å². The van der Waals surface area contributed by atoms with Crippen LogP contribution >= 0.6 is 0 Å². The molecule has 0 saturated carbocycles. The van der Waals surface area contributed by atoms with Crippen LogP contribution in [0.15, 0.2) is 30.3 Å². The van der Waals surface area contributed by atoms with Gasteiger partial charge in [-0.15, -0.1) is 0 Å². The van der Waals surface area contributed by atoms with E-state index in [1.54, 1.807) is 14.2 Å². The van der Waals surface area contributed by atoms with E-state index in [4.69, 9.17) is 14.2 Å². The van der Waals surface area contributed by atoms with Gasteiger partial charge in [-0.3, -0.25) is 4.79 Å². The van der Waals surface area contributed by atoms with Crippen molar-refractivity contribution in [3.05, 3.63) is 52.6 Å². The van der Waals surface area contributed by atoms with Gasteiger partial charge in [0.25, 0.3) is 5.91 Å². The number of amides is 1. The Morgan fingerprint density at radius 2 is 1.62 bits per heavy atom. The maximum Gasteiger partial charge on any atom is 0.257 e. The average molecular weight is 357 g/mol. The first-order valence-corrected chi connectivity index (χ1v) is 8.63. The number of nitrogens with one attached hydrogen (secondary N) is 1. The number of hydrogen-bond acceptors (Lipinski definition) is 4. The van der Waals surface area contributed by atoms with Crippen molar-refractivity contribution in [2.45, 2.75) is 27.2 Å². The van der Waals surface area contributed by atoms with Crippen molar-refractivity contribution in [1.29, 1.82) is 0 Å². The molecule has 0 aliphatic carbocycles. The molecule has 0 bridgehead atoms. The summed E-state index contributed by atoms with van der Waals surface area (Å²) in [5.74, 6) is 2.00. The second kappa shape index (κ2) is 9.13. The van der Waals surface area contributed by atoms with E-state index in [9.17, 15) is 4.79 Å². The summed E-state index contributed by atoms with van der Waals surface area (Å²) in [7, 11) is 3.23. The molecule has 0 aliphatic heterocycles. The molecule has 5 heteroatoms. The highest BCUT2D eigenvalue weighted by Crippen LogP contribution is 2.30. The SMILES string of the molecule is COc1cc(C)c(CCNC(=O)COc2ccc(C)cc2C)cc1OC. The lowest BCUT2D eigenvalue weighted by atomic mass is 10.0. The molecule has 0 unspecified atom stereocenters. The lowest BCUT2D eigenvalue weighted by molar-refractivity contribution is -0.123. The molecular formula is C21H27NO4. The van der Waals surface area contributed by atoms with Gasteiger partial charge in [0.2, 0.25) is 0 Å². The Morgan fingerprint density at radius 3 is 2.27 bits per heavy atom. The number of ether oxygens (including phenoxy) is 3. The minimum Gasteiger partial charge on any atom is -0.493 e. The molecule has 0 atom stereocenters. The summed E-state index contributed by atoms with van der Waals surface area (Å²) in [6.07, 6.45) is 0.710. The van der Waals surface area contributed by atoms with Gasteiger partial charge in [0.05, 0.1) is 14.2 Å². The second-order valence-corrected chi connectivity index (χ2v) is 6.29. The number of carbonyl (C=O) groups is 1. The first-order chi connectivity index (χ1) is 12.4. The highest BCUT2D eigenvalue weighted by atomic mass is 16.5. The highest BCUT2D eigenvalue weighted by Gasteiger charge is 2.09. The summed E-state index contributed by atoms with van der Waals surface area (Å²) >= 11 is 0. The zero-order valence-corrected chi connectivity index (χ0v) is 16.1. The third-order valence-electron chi connectivity index (χ3n) is 4.25. The van der Waals surface area contributed by atoms with E-state index in [0.717, 1.165) is 22.4 Å². The summed E-state index contributed by atoms with van der Waals surface area (Å²) in [6.45, 7) is 6.56. The summed E-state index contributed by atoms with van der Waals surface area (Å²) < 4.78 is 16.2. The van der Waals surface area contributed by atoms with Crippen LogP contribution in [-0.2, 0) is 11.2 Å².